The highest BCUT2D eigenvalue weighted by molar-refractivity contribution is 5.60. The number of hydrogen-bond donors (Lipinski definition) is 0. The van der Waals surface area contributed by atoms with E-state index in [1.807, 2.05) is 0 Å². The van der Waals surface area contributed by atoms with Crippen molar-refractivity contribution >= 4 is 6.21 Å². The van der Waals surface area contributed by atoms with Crippen molar-refractivity contribution in [3.05, 3.63) is 34.6 Å². The topological polar surface area (TPSA) is 21.6 Å². The van der Waals surface area contributed by atoms with Crippen LogP contribution in [0.5, 0.6) is 0 Å². The maximum absolute atomic E-state index is 13.3. The first kappa shape index (κ1) is 14.7. The van der Waals surface area contributed by atoms with Gasteiger partial charge in [-0.3, -0.25) is 0 Å². The Bertz CT molecular complexity index is 497. The highest BCUT2D eigenvalue weighted by atomic mass is 19.2. The lowest BCUT2D eigenvalue weighted by Crippen LogP contribution is -2.08. The van der Waals surface area contributed by atoms with Crippen molar-refractivity contribution in [3.63, 3.8) is 0 Å². The Morgan fingerprint density at radius 1 is 0.900 bits per heavy atom. The van der Waals surface area contributed by atoms with E-state index in [0.29, 0.717) is 0 Å². The Morgan fingerprint density at radius 3 is 1.95 bits per heavy atom. The third-order valence-electron chi connectivity index (χ3n) is 3.16. The minimum atomic E-state index is -2.19. The van der Waals surface area contributed by atoms with E-state index < -0.39 is 41.3 Å². The van der Waals surface area contributed by atoms with Crippen LogP contribution in [0.3, 0.4) is 0 Å². The molecule has 1 aromatic rings. The van der Waals surface area contributed by atoms with E-state index in [-0.39, 0.29) is 5.92 Å². The van der Waals surface area contributed by atoms with Crippen LogP contribution < -0.4 is 0 Å². The van der Waals surface area contributed by atoms with Crippen LogP contribution in [-0.2, 0) is 11.4 Å². The van der Waals surface area contributed by atoms with E-state index in [1.165, 1.54) is 0 Å². The van der Waals surface area contributed by atoms with E-state index >= 15 is 0 Å². The largest absolute Gasteiger partial charge is 0.390 e. The first-order valence-corrected chi connectivity index (χ1v) is 6.10. The quantitative estimate of drug-likeness (QED) is 0.271. The van der Waals surface area contributed by atoms with E-state index in [2.05, 4.69) is 16.2 Å². The summed E-state index contributed by atoms with van der Waals surface area (Å²) >= 11 is 0. The molecule has 109 valence electrons. The number of halogens is 5. The predicted octanol–water partition coefficient (Wildman–Crippen LogP) is 3.95. The molecule has 0 heterocycles. The zero-order valence-electron chi connectivity index (χ0n) is 10.4. The second kappa shape index (κ2) is 6.19. The fourth-order valence-electron chi connectivity index (χ4n) is 2.04. The molecule has 0 N–H and O–H groups in total. The van der Waals surface area contributed by atoms with Gasteiger partial charge in [0.2, 0.25) is 5.82 Å². The van der Waals surface area contributed by atoms with Crippen molar-refractivity contribution < 1.29 is 26.8 Å². The van der Waals surface area contributed by atoms with Gasteiger partial charge in [-0.05, 0) is 12.8 Å². The molecule has 0 aliphatic heterocycles. The van der Waals surface area contributed by atoms with Gasteiger partial charge >= 0.3 is 0 Å². The first-order chi connectivity index (χ1) is 9.52. The van der Waals surface area contributed by atoms with Crippen molar-refractivity contribution in [2.45, 2.75) is 32.3 Å². The Labute approximate surface area is 112 Å². The Balaban J connectivity index is 2.06. The molecular formula is C13H11F5NO. The molecule has 0 aromatic heterocycles. The van der Waals surface area contributed by atoms with Gasteiger partial charge in [-0.1, -0.05) is 18.0 Å². The molecule has 0 saturated heterocycles. The zero-order chi connectivity index (χ0) is 14.7. The van der Waals surface area contributed by atoms with Crippen molar-refractivity contribution in [1.29, 1.82) is 0 Å². The smallest absolute Gasteiger partial charge is 0.200 e. The predicted molar refractivity (Wildman–Crippen MR) is 60.4 cm³/mol. The summed E-state index contributed by atoms with van der Waals surface area (Å²) in [7, 11) is 0. The molecule has 1 aliphatic rings. The molecule has 2 nitrogen and oxygen atoms in total. The van der Waals surface area contributed by atoms with Gasteiger partial charge in [0.25, 0.3) is 0 Å². The Kier molecular flexibility index (Phi) is 4.57. The second-order valence-electron chi connectivity index (χ2n) is 4.52. The molecule has 0 bridgehead atoms. The Morgan fingerprint density at radius 2 is 1.40 bits per heavy atom. The van der Waals surface area contributed by atoms with Crippen LogP contribution in [0.4, 0.5) is 22.0 Å². The van der Waals surface area contributed by atoms with Crippen LogP contribution in [0, 0.1) is 35.0 Å². The minimum Gasteiger partial charge on any atom is -0.390 e. The molecular weight excluding hydrogens is 281 g/mol. The fourth-order valence-corrected chi connectivity index (χ4v) is 2.04. The van der Waals surface area contributed by atoms with Crippen LogP contribution in [0.15, 0.2) is 5.16 Å². The van der Waals surface area contributed by atoms with Crippen molar-refractivity contribution in [2.24, 2.45) is 11.1 Å². The van der Waals surface area contributed by atoms with E-state index in [1.54, 1.807) is 0 Å². The molecule has 0 unspecified atom stereocenters. The van der Waals surface area contributed by atoms with Gasteiger partial charge in [0, 0.05) is 5.92 Å². The van der Waals surface area contributed by atoms with Crippen LogP contribution in [0.2, 0.25) is 0 Å². The second-order valence-corrected chi connectivity index (χ2v) is 4.52. The third kappa shape index (κ3) is 2.91. The molecule has 20 heavy (non-hydrogen) atoms. The van der Waals surface area contributed by atoms with E-state index in [9.17, 15) is 22.0 Å². The maximum Gasteiger partial charge on any atom is 0.200 e. The normalized spacial score (nSPS) is 16.2. The summed E-state index contributed by atoms with van der Waals surface area (Å²) in [5.74, 6) is -9.87. The summed E-state index contributed by atoms with van der Waals surface area (Å²) in [5.41, 5.74) is -1.04. The molecule has 2 rings (SSSR count). The molecule has 1 aliphatic carbocycles. The average molecular weight is 292 g/mol. The fraction of sp³-hybridized carbons (Fsp3) is 0.462. The molecule has 0 spiro atoms. The van der Waals surface area contributed by atoms with Crippen molar-refractivity contribution in [2.75, 3.05) is 0 Å². The number of rotatable bonds is 4. The molecule has 0 amide bonds. The van der Waals surface area contributed by atoms with E-state index in [4.69, 9.17) is 0 Å². The van der Waals surface area contributed by atoms with Crippen molar-refractivity contribution in [3.8, 4) is 0 Å². The number of benzene rings is 1. The molecule has 1 radical (unpaired) electrons. The van der Waals surface area contributed by atoms with Crippen molar-refractivity contribution in [1.82, 2.24) is 0 Å². The summed E-state index contributed by atoms with van der Waals surface area (Å²) in [5, 5.41) is 3.39. The van der Waals surface area contributed by atoms with Crippen LogP contribution in [0.25, 0.3) is 0 Å². The standard InChI is InChI=1S/C13H11F5NO/c14-9-8(10(15)12(17)13(18)11(9)16)6-20-19-5-7-3-1-2-4-7/h7H,1-4,6H2. The molecule has 7 heteroatoms. The molecule has 0 atom stereocenters. The Hall–Kier alpha value is -1.66. The minimum absolute atomic E-state index is 0.117. The monoisotopic (exact) mass is 292 g/mol. The van der Waals surface area contributed by atoms with Gasteiger partial charge in [0.05, 0.1) is 5.56 Å². The lowest BCUT2D eigenvalue weighted by atomic mass is 10.1. The lowest BCUT2D eigenvalue weighted by Gasteiger charge is -2.07. The number of nitrogens with zero attached hydrogens (tertiary/aromatic N) is 1. The highest BCUT2D eigenvalue weighted by Gasteiger charge is 2.25. The van der Waals surface area contributed by atoms with Gasteiger partial charge in [-0.2, -0.15) is 0 Å². The summed E-state index contributed by atoms with van der Waals surface area (Å²) in [6.07, 6.45) is 6.52. The van der Waals surface area contributed by atoms with Crippen LogP contribution >= 0.6 is 0 Å². The van der Waals surface area contributed by atoms with Gasteiger partial charge < -0.3 is 4.84 Å². The third-order valence-corrected chi connectivity index (χ3v) is 3.16. The number of hydrogen-bond acceptors (Lipinski definition) is 2. The van der Waals surface area contributed by atoms with Gasteiger partial charge in [0.1, 0.15) is 12.8 Å². The summed E-state index contributed by atoms with van der Waals surface area (Å²) in [6.45, 7) is -0.842. The van der Waals surface area contributed by atoms with Gasteiger partial charge in [0.15, 0.2) is 23.3 Å². The zero-order valence-corrected chi connectivity index (χ0v) is 10.4. The SMILES string of the molecule is Fc1c(F)c(F)c(CO/N=[C]\C2CCCC2)c(F)c1F. The van der Waals surface area contributed by atoms with E-state index in [0.717, 1.165) is 25.7 Å². The lowest BCUT2D eigenvalue weighted by molar-refractivity contribution is 0.123. The summed E-state index contributed by atoms with van der Waals surface area (Å²) < 4.78 is 65.1. The highest BCUT2D eigenvalue weighted by Crippen LogP contribution is 2.24. The van der Waals surface area contributed by atoms with Crippen LogP contribution in [-0.4, -0.2) is 6.21 Å². The molecule has 1 fully saturated rings. The maximum atomic E-state index is 13.3. The first-order valence-electron chi connectivity index (χ1n) is 6.10. The average Bonchev–Trinajstić information content (AvgIpc) is 2.95. The van der Waals surface area contributed by atoms with Gasteiger partial charge in [-0.15, -0.1) is 0 Å². The van der Waals surface area contributed by atoms with Gasteiger partial charge in [-0.25, -0.2) is 22.0 Å². The molecule has 1 saturated carbocycles. The summed E-state index contributed by atoms with van der Waals surface area (Å²) in [6, 6.07) is 0. The van der Waals surface area contributed by atoms with Crippen LogP contribution in [0.1, 0.15) is 31.2 Å². The molecule has 1 aromatic carbocycles. The summed E-state index contributed by atoms with van der Waals surface area (Å²) in [4.78, 5) is 4.57.